The van der Waals surface area contributed by atoms with E-state index in [1.165, 1.54) is 50.1 Å². The van der Waals surface area contributed by atoms with E-state index in [-0.39, 0.29) is 18.9 Å². The van der Waals surface area contributed by atoms with Crippen molar-refractivity contribution in [2.75, 3.05) is 0 Å². The first-order chi connectivity index (χ1) is 18.6. The molecule has 1 aliphatic heterocycles. The van der Waals surface area contributed by atoms with Crippen molar-refractivity contribution < 1.29 is 0 Å². The van der Waals surface area contributed by atoms with Crippen LogP contribution in [-0.4, -0.2) is 41.6 Å². The molecule has 0 aromatic heterocycles. The number of aryl methyl sites for hydroxylation is 3. The molecule has 0 bridgehead atoms. The topological polar surface area (TPSA) is 0 Å². The zero-order chi connectivity index (χ0) is 26.1. The minimum absolute atomic E-state index is 0. The van der Waals surface area contributed by atoms with Gasteiger partial charge in [-0.2, -0.15) is 0 Å². The maximum absolute atomic E-state index is 3.00. The van der Waals surface area contributed by atoms with Crippen LogP contribution < -0.4 is 3.12 Å². The van der Waals surface area contributed by atoms with Gasteiger partial charge in [0.1, 0.15) is 0 Å². The van der Waals surface area contributed by atoms with Gasteiger partial charge in [0.05, 0.1) is 0 Å². The molecule has 0 spiro atoms. The van der Waals surface area contributed by atoms with Crippen molar-refractivity contribution in [3.8, 4) is 0 Å². The fourth-order valence-electron chi connectivity index (χ4n) is 6.02. The maximum atomic E-state index is 2.40. The SMILES string of the molecule is Cc1cc(C)[c]([Pb]2[C](c3ccccc3)=C(c3ccccc3)C(c3ccccc3)=[C]2c2ccccc2)c(C)c1.[Li]. The quantitative estimate of drug-likeness (QED) is 0.163. The zero-order valence-electron chi connectivity index (χ0n) is 23.2. The van der Waals surface area contributed by atoms with Crippen LogP contribution in [0.15, 0.2) is 133 Å². The molecule has 1 aliphatic rings. The predicted octanol–water partition coefficient (Wildman–Crippen LogP) is 8.25. The minimum Gasteiger partial charge on any atom is 0 e. The Labute approximate surface area is 253 Å². The van der Waals surface area contributed by atoms with Gasteiger partial charge in [0.25, 0.3) is 0 Å². The molecule has 39 heavy (non-hydrogen) atoms. The second kappa shape index (κ2) is 12.1. The summed E-state index contributed by atoms with van der Waals surface area (Å²) in [5.74, 6) is 0. The van der Waals surface area contributed by atoms with Gasteiger partial charge < -0.3 is 0 Å². The van der Waals surface area contributed by atoms with Gasteiger partial charge in [-0.05, 0) is 0 Å². The largest absolute Gasteiger partial charge is 0 e. The zero-order valence-corrected chi connectivity index (χ0v) is 27.1. The van der Waals surface area contributed by atoms with Gasteiger partial charge in [0.2, 0.25) is 0 Å². The van der Waals surface area contributed by atoms with Crippen LogP contribution >= 0.6 is 0 Å². The van der Waals surface area contributed by atoms with Crippen molar-refractivity contribution in [2.45, 2.75) is 20.8 Å². The first kappa shape index (κ1) is 27.7. The molecule has 0 nitrogen and oxygen atoms in total. The van der Waals surface area contributed by atoms with Gasteiger partial charge >= 0.3 is 236 Å². The number of hydrogen-bond acceptors (Lipinski definition) is 0. The van der Waals surface area contributed by atoms with Gasteiger partial charge in [0, 0.05) is 18.9 Å². The maximum Gasteiger partial charge on any atom is 0 e. The summed E-state index contributed by atoms with van der Waals surface area (Å²) >= 11 is -3.00. The van der Waals surface area contributed by atoms with Crippen LogP contribution in [0.3, 0.4) is 0 Å². The number of rotatable bonds is 5. The van der Waals surface area contributed by atoms with Gasteiger partial charge in [0.15, 0.2) is 0 Å². The molecule has 2 radical (unpaired) electrons. The van der Waals surface area contributed by atoms with E-state index in [1.54, 1.807) is 9.39 Å². The standard InChI is InChI=1S/C28H20.C9H11.Li.Pb/c1-5-13-23(14-6-1)21-27(25-17-9-3-10-18-25)28(26-19-11-4-12-20-26)22-24-15-7-2-8-16-24;1-7-4-8(2)6-9(3)5-7;;/h1-20H;4-5H,1-3H3;;. The van der Waals surface area contributed by atoms with Crippen LogP contribution in [-0.2, 0) is 0 Å². The van der Waals surface area contributed by atoms with E-state index in [4.69, 9.17) is 0 Å². The first-order valence-electron chi connectivity index (χ1n) is 13.3. The fraction of sp³-hybridized carbons (Fsp3) is 0.0811. The van der Waals surface area contributed by atoms with Gasteiger partial charge in [-0.15, -0.1) is 0 Å². The summed E-state index contributed by atoms with van der Waals surface area (Å²) in [6.07, 6.45) is 0. The molecule has 0 saturated carbocycles. The Morgan fingerprint density at radius 2 is 0.718 bits per heavy atom. The van der Waals surface area contributed by atoms with Crippen LogP contribution in [0, 0.1) is 20.8 Å². The molecule has 0 N–H and O–H groups in total. The Kier molecular flexibility index (Phi) is 8.57. The number of hydrogen-bond donors (Lipinski definition) is 0. The molecule has 0 amide bonds. The summed E-state index contributed by atoms with van der Waals surface area (Å²) in [6, 6.07) is 49.4. The summed E-state index contributed by atoms with van der Waals surface area (Å²) in [7, 11) is 0. The first-order valence-corrected chi connectivity index (χ1v) is 19.1. The van der Waals surface area contributed by atoms with Crippen molar-refractivity contribution in [2.24, 2.45) is 0 Å². The van der Waals surface area contributed by atoms with E-state index >= 15 is 0 Å². The summed E-state index contributed by atoms with van der Waals surface area (Å²) in [5, 5.41) is 0. The van der Waals surface area contributed by atoms with E-state index < -0.39 is 22.7 Å². The monoisotopic (exact) mass is 690 g/mol. The molecule has 0 aliphatic carbocycles. The average Bonchev–Trinajstić information content (AvgIpc) is 3.30. The van der Waals surface area contributed by atoms with E-state index in [9.17, 15) is 0 Å². The number of allylic oxidation sites excluding steroid dienone is 2. The van der Waals surface area contributed by atoms with Crippen molar-refractivity contribution in [3.05, 3.63) is 172 Å². The summed E-state index contributed by atoms with van der Waals surface area (Å²) in [4.78, 5) is 0. The third-order valence-corrected chi connectivity index (χ3v) is 20.5. The van der Waals surface area contributed by atoms with Crippen molar-refractivity contribution in [1.29, 1.82) is 0 Å². The summed E-state index contributed by atoms with van der Waals surface area (Å²) in [6.45, 7) is 6.89. The normalized spacial score (nSPS) is 13.5. The predicted molar refractivity (Wildman–Crippen MR) is 171 cm³/mol. The molecule has 5 aromatic rings. The molecule has 0 atom stereocenters. The van der Waals surface area contributed by atoms with Gasteiger partial charge in [-0.1, -0.05) is 0 Å². The van der Waals surface area contributed by atoms with E-state index in [1.807, 2.05) is 0 Å². The molecule has 0 saturated heterocycles. The molecular weight excluding hydrogens is 659 g/mol. The van der Waals surface area contributed by atoms with Crippen molar-refractivity contribution >= 4 is 62.1 Å². The van der Waals surface area contributed by atoms with E-state index in [0.29, 0.717) is 0 Å². The molecular formula is C37H31LiPb. The summed E-state index contributed by atoms with van der Waals surface area (Å²) in [5.41, 5.74) is 12.4. The molecule has 5 aromatic carbocycles. The third kappa shape index (κ3) is 5.31. The Hall–Kier alpha value is -2.90. The van der Waals surface area contributed by atoms with Crippen molar-refractivity contribution in [3.63, 3.8) is 0 Å². The second-order valence-electron chi connectivity index (χ2n) is 10.1. The number of benzene rings is 5. The van der Waals surface area contributed by atoms with Crippen LogP contribution in [0.1, 0.15) is 38.9 Å². The van der Waals surface area contributed by atoms with Crippen LogP contribution in [0.25, 0.3) is 17.4 Å². The Morgan fingerprint density at radius 3 is 1.05 bits per heavy atom. The molecule has 0 unspecified atom stereocenters. The van der Waals surface area contributed by atoms with E-state index in [2.05, 4.69) is 154 Å². The smallest absolute Gasteiger partial charge is 0 e. The van der Waals surface area contributed by atoms with Crippen LogP contribution in [0.2, 0.25) is 0 Å². The third-order valence-electron chi connectivity index (χ3n) is 7.43. The minimum atomic E-state index is -3.00. The second-order valence-corrected chi connectivity index (χ2v) is 18.9. The fourth-order valence-corrected chi connectivity index (χ4v) is 20.1. The van der Waals surface area contributed by atoms with Gasteiger partial charge in [-0.3, -0.25) is 0 Å². The molecule has 184 valence electrons. The van der Waals surface area contributed by atoms with Crippen molar-refractivity contribution in [1.82, 2.24) is 0 Å². The summed E-state index contributed by atoms with van der Waals surface area (Å²) < 4.78 is 4.81. The molecule has 1 heterocycles. The van der Waals surface area contributed by atoms with Crippen LogP contribution in [0.4, 0.5) is 0 Å². The molecule has 6 rings (SSSR count). The Bertz CT molecular complexity index is 1530. The average molecular weight is 690 g/mol. The Balaban J connectivity index is 0.00000308. The van der Waals surface area contributed by atoms with Crippen LogP contribution in [0.5, 0.6) is 0 Å². The van der Waals surface area contributed by atoms with Gasteiger partial charge in [-0.25, -0.2) is 0 Å². The molecule has 0 fully saturated rings. The van der Waals surface area contributed by atoms with E-state index in [0.717, 1.165) is 0 Å². The Morgan fingerprint density at radius 1 is 0.410 bits per heavy atom. The molecule has 2 heteroatoms.